The second kappa shape index (κ2) is 8.50. The van der Waals surface area contributed by atoms with Crippen LogP contribution in [0.3, 0.4) is 0 Å². The Balaban J connectivity index is 1.90. The van der Waals surface area contributed by atoms with Crippen LogP contribution in [-0.2, 0) is 4.74 Å². The topological polar surface area (TPSA) is 38.5 Å². The van der Waals surface area contributed by atoms with Gasteiger partial charge < -0.3 is 10.5 Å². The standard InChI is InChI=1S/C18H36N2O/c1-3-4-5-6-9-12-18(2,15-19)20-13-14-21-17-11-8-7-10-16(17)20/h16-17H,3-15,19H2,1-2H3. The molecule has 1 aliphatic carbocycles. The van der Waals surface area contributed by atoms with E-state index < -0.39 is 0 Å². The van der Waals surface area contributed by atoms with Crippen LogP contribution in [0.5, 0.6) is 0 Å². The Kier molecular flexibility index (Phi) is 6.97. The molecule has 2 aliphatic rings. The van der Waals surface area contributed by atoms with Crippen molar-refractivity contribution in [2.45, 2.75) is 95.7 Å². The van der Waals surface area contributed by atoms with Crippen molar-refractivity contribution in [3.63, 3.8) is 0 Å². The highest BCUT2D eigenvalue weighted by atomic mass is 16.5. The molecular weight excluding hydrogens is 260 g/mol. The maximum absolute atomic E-state index is 6.22. The summed E-state index contributed by atoms with van der Waals surface area (Å²) in [6, 6.07) is 0.622. The molecule has 0 spiro atoms. The van der Waals surface area contributed by atoms with Crippen molar-refractivity contribution < 1.29 is 4.74 Å². The summed E-state index contributed by atoms with van der Waals surface area (Å²) in [5.74, 6) is 0. The third kappa shape index (κ3) is 4.43. The molecule has 0 amide bonds. The Morgan fingerprint density at radius 3 is 2.67 bits per heavy atom. The molecule has 0 aromatic rings. The Morgan fingerprint density at radius 1 is 1.14 bits per heavy atom. The van der Waals surface area contributed by atoms with Crippen molar-refractivity contribution in [3.05, 3.63) is 0 Å². The molecule has 2 fully saturated rings. The number of unbranched alkanes of at least 4 members (excludes halogenated alkanes) is 4. The van der Waals surface area contributed by atoms with Gasteiger partial charge in [-0.05, 0) is 26.2 Å². The van der Waals surface area contributed by atoms with E-state index in [-0.39, 0.29) is 5.54 Å². The Bertz CT molecular complexity index is 295. The van der Waals surface area contributed by atoms with E-state index in [1.54, 1.807) is 0 Å². The van der Waals surface area contributed by atoms with Gasteiger partial charge in [-0.15, -0.1) is 0 Å². The van der Waals surface area contributed by atoms with E-state index in [1.165, 1.54) is 64.2 Å². The van der Waals surface area contributed by atoms with Crippen molar-refractivity contribution in [1.82, 2.24) is 4.90 Å². The number of hydrogen-bond donors (Lipinski definition) is 1. The van der Waals surface area contributed by atoms with Crippen LogP contribution in [0, 0.1) is 0 Å². The number of nitrogens with zero attached hydrogens (tertiary/aromatic N) is 1. The molecule has 3 atom stereocenters. The van der Waals surface area contributed by atoms with Gasteiger partial charge in [0, 0.05) is 24.7 Å². The number of ether oxygens (including phenoxy) is 1. The van der Waals surface area contributed by atoms with Gasteiger partial charge in [0.1, 0.15) is 0 Å². The van der Waals surface area contributed by atoms with Crippen LogP contribution in [-0.4, -0.2) is 42.3 Å². The number of morpholine rings is 1. The smallest absolute Gasteiger partial charge is 0.0731 e. The summed E-state index contributed by atoms with van der Waals surface area (Å²) >= 11 is 0. The summed E-state index contributed by atoms with van der Waals surface area (Å²) in [6.07, 6.45) is 13.7. The summed E-state index contributed by atoms with van der Waals surface area (Å²) in [7, 11) is 0. The average Bonchev–Trinajstić information content (AvgIpc) is 2.54. The second-order valence-electron chi connectivity index (χ2n) is 7.32. The molecule has 1 saturated heterocycles. The van der Waals surface area contributed by atoms with Crippen molar-refractivity contribution >= 4 is 0 Å². The van der Waals surface area contributed by atoms with Crippen LogP contribution in [0.25, 0.3) is 0 Å². The maximum atomic E-state index is 6.22. The molecule has 0 aromatic carbocycles. The van der Waals surface area contributed by atoms with Crippen molar-refractivity contribution in [2.75, 3.05) is 19.7 Å². The third-order valence-electron chi connectivity index (χ3n) is 5.68. The van der Waals surface area contributed by atoms with Gasteiger partial charge in [0.05, 0.1) is 12.7 Å². The molecule has 1 aliphatic heterocycles. The zero-order valence-electron chi connectivity index (χ0n) is 14.3. The zero-order valence-corrected chi connectivity index (χ0v) is 14.3. The first-order valence-corrected chi connectivity index (χ1v) is 9.29. The van der Waals surface area contributed by atoms with Crippen LogP contribution < -0.4 is 5.73 Å². The summed E-state index contributed by atoms with van der Waals surface area (Å²) in [6.45, 7) is 7.42. The van der Waals surface area contributed by atoms with Crippen molar-refractivity contribution in [3.8, 4) is 0 Å². The van der Waals surface area contributed by atoms with Gasteiger partial charge in [-0.1, -0.05) is 51.9 Å². The van der Waals surface area contributed by atoms with Crippen LogP contribution in [0.1, 0.15) is 78.1 Å². The molecule has 0 radical (unpaired) electrons. The largest absolute Gasteiger partial charge is 0.375 e. The fraction of sp³-hybridized carbons (Fsp3) is 1.00. The minimum absolute atomic E-state index is 0.177. The van der Waals surface area contributed by atoms with E-state index in [0.717, 1.165) is 19.7 Å². The highest BCUT2D eigenvalue weighted by Gasteiger charge is 2.42. The molecule has 0 aromatic heterocycles. The number of fused-ring (bicyclic) bond motifs is 1. The lowest BCUT2D eigenvalue weighted by molar-refractivity contribution is -0.123. The summed E-state index contributed by atoms with van der Waals surface area (Å²) in [5, 5.41) is 0. The lowest BCUT2D eigenvalue weighted by atomic mass is 9.84. The first-order chi connectivity index (χ1) is 10.2. The lowest BCUT2D eigenvalue weighted by Gasteiger charge is -2.52. The van der Waals surface area contributed by atoms with E-state index in [2.05, 4.69) is 18.7 Å². The van der Waals surface area contributed by atoms with Crippen molar-refractivity contribution in [2.24, 2.45) is 5.73 Å². The van der Waals surface area contributed by atoms with E-state index in [9.17, 15) is 0 Å². The average molecular weight is 296 g/mol. The molecule has 21 heavy (non-hydrogen) atoms. The van der Waals surface area contributed by atoms with Crippen LogP contribution in [0.4, 0.5) is 0 Å². The van der Waals surface area contributed by atoms with Gasteiger partial charge in [-0.2, -0.15) is 0 Å². The van der Waals surface area contributed by atoms with Gasteiger partial charge in [-0.3, -0.25) is 4.90 Å². The summed E-state index contributed by atoms with van der Waals surface area (Å²) < 4.78 is 6.03. The molecule has 3 nitrogen and oxygen atoms in total. The van der Waals surface area contributed by atoms with Gasteiger partial charge >= 0.3 is 0 Å². The zero-order chi connectivity index (χ0) is 15.1. The SMILES string of the molecule is CCCCCCCC(C)(CN)N1CCOC2CCCCC21. The van der Waals surface area contributed by atoms with Gasteiger partial charge in [-0.25, -0.2) is 0 Å². The molecule has 0 bridgehead atoms. The quantitative estimate of drug-likeness (QED) is 0.694. The van der Waals surface area contributed by atoms with Crippen LogP contribution in [0.2, 0.25) is 0 Å². The third-order valence-corrected chi connectivity index (χ3v) is 5.68. The van der Waals surface area contributed by atoms with E-state index in [1.807, 2.05) is 0 Å². The van der Waals surface area contributed by atoms with Gasteiger partial charge in [0.2, 0.25) is 0 Å². The molecule has 2 N–H and O–H groups in total. The number of rotatable bonds is 8. The summed E-state index contributed by atoms with van der Waals surface area (Å²) in [5.41, 5.74) is 6.39. The van der Waals surface area contributed by atoms with E-state index in [4.69, 9.17) is 10.5 Å². The predicted molar refractivity (Wildman–Crippen MR) is 89.5 cm³/mol. The number of hydrogen-bond acceptors (Lipinski definition) is 3. The molecule has 1 saturated carbocycles. The van der Waals surface area contributed by atoms with Gasteiger partial charge in [0.25, 0.3) is 0 Å². The lowest BCUT2D eigenvalue weighted by Crippen LogP contribution is -2.63. The van der Waals surface area contributed by atoms with Crippen molar-refractivity contribution in [1.29, 1.82) is 0 Å². The van der Waals surface area contributed by atoms with Crippen LogP contribution in [0.15, 0.2) is 0 Å². The second-order valence-corrected chi connectivity index (χ2v) is 7.32. The number of nitrogens with two attached hydrogens (primary N) is 1. The summed E-state index contributed by atoms with van der Waals surface area (Å²) in [4.78, 5) is 2.72. The fourth-order valence-electron chi connectivity index (χ4n) is 4.24. The Morgan fingerprint density at radius 2 is 1.90 bits per heavy atom. The monoisotopic (exact) mass is 296 g/mol. The first kappa shape index (κ1) is 17.2. The fourth-order valence-corrected chi connectivity index (χ4v) is 4.24. The van der Waals surface area contributed by atoms with Crippen LogP contribution >= 0.6 is 0 Å². The molecule has 124 valence electrons. The first-order valence-electron chi connectivity index (χ1n) is 9.29. The molecule has 2 rings (SSSR count). The Hall–Kier alpha value is -0.120. The highest BCUT2D eigenvalue weighted by Crippen LogP contribution is 2.34. The van der Waals surface area contributed by atoms with Gasteiger partial charge in [0.15, 0.2) is 0 Å². The molecule has 3 heteroatoms. The predicted octanol–water partition coefficient (Wildman–Crippen LogP) is 3.71. The molecule has 3 unspecified atom stereocenters. The maximum Gasteiger partial charge on any atom is 0.0731 e. The minimum atomic E-state index is 0.177. The van der Waals surface area contributed by atoms with E-state index in [0.29, 0.717) is 12.1 Å². The highest BCUT2D eigenvalue weighted by molar-refractivity contribution is 4.97. The molecular formula is C18H36N2O. The Labute approximate surface area is 131 Å². The normalized spacial score (nSPS) is 29.9. The minimum Gasteiger partial charge on any atom is -0.375 e. The molecule has 1 heterocycles. The van der Waals surface area contributed by atoms with E-state index >= 15 is 0 Å².